The summed E-state index contributed by atoms with van der Waals surface area (Å²) in [6, 6.07) is 22.0. The van der Waals surface area contributed by atoms with Gasteiger partial charge in [-0.1, -0.05) is 61.5 Å². The van der Waals surface area contributed by atoms with Gasteiger partial charge < -0.3 is 4.90 Å². The number of nitriles is 1. The van der Waals surface area contributed by atoms with Crippen molar-refractivity contribution in [3.63, 3.8) is 0 Å². The summed E-state index contributed by atoms with van der Waals surface area (Å²) in [6.07, 6.45) is 8.36. The SMILES string of the molecule is CC#N.CCCN(CCCc1ccc(C2CCC(Cl)C2)cc1)CCc1ccccc1. The molecule has 1 aliphatic rings. The number of hydrogen-bond donors (Lipinski definition) is 0. The third-order valence-electron chi connectivity index (χ3n) is 5.86. The molecule has 1 fully saturated rings. The summed E-state index contributed by atoms with van der Waals surface area (Å²) in [5, 5.41) is 7.70. The molecule has 3 heteroatoms. The molecular weight excluding hydrogens is 388 g/mol. The van der Waals surface area contributed by atoms with Gasteiger partial charge >= 0.3 is 0 Å². The Morgan fingerprint density at radius 1 is 0.933 bits per heavy atom. The van der Waals surface area contributed by atoms with Crippen molar-refractivity contribution in [2.24, 2.45) is 0 Å². The highest BCUT2D eigenvalue weighted by Crippen LogP contribution is 2.37. The van der Waals surface area contributed by atoms with Crippen LogP contribution in [-0.4, -0.2) is 29.9 Å². The van der Waals surface area contributed by atoms with E-state index in [1.165, 1.54) is 68.8 Å². The highest BCUT2D eigenvalue weighted by molar-refractivity contribution is 6.20. The van der Waals surface area contributed by atoms with Crippen molar-refractivity contribution in [3.05, 3.63) is 71.3 Å². The monoisotopic (exact) mass is 424 g/mol. The summed E-state index contributed by atoms with van der Waals surface area (Å²) in [7, 11) is 0. The van der Waals surface area contributed by atoms with Crippen molar-refractivity contribution < 1.29 is 0 Å². The molecule has 0 radical (unpaired) electrons. The second-order valence-corrected chi connectivity index (χ2v) is 8.87. The van der Waals surface area contributed by atoms with Crippen LogP contribution in [0.1, 0.15) is 68.6 Å². The molecule has 0 aromatic heterocycles. The van der Waals surface area contributed by atoms with Crippen molar-refractivity contribution in [2.75, 3.05) is 19.6 Å². The third-order valence-corrected chi connectivity index (χ3v) is 6.26. The number of hydrogen-bond acceptors (Lipinski definition) is 2. The first-order chi connectivity index (χ1) is 14.7. The molecule has 0 spiro atoms. The predicted octanol–water partition coefficient (Wildman–Crippen LogP) is 6.98. The van der Waals surface area contributed by atoms with Crippen LogP contribution in [0.15, 0.2) is 54.6 Å². The number of benzene rings is 2. The molecule has 0 bridgehead atoms. The van der Waals surface area contributed by atoms with Crippen molar-refractivity contribution in [2.45, 2.75) is 70.1 Å². The highest BCUT2D eigenvalue weighted by Gasteiger charge is 2.23. The lowest BCUT2D eigenvalue weighted by Crippen LogP contribution is -2.28. The van der Waals surface area contributed by atoms with Crippen LogP contribution in [0.3, 0.4) is 0 Å². The van der Waals surface area contributed by atoms with Crippen LogP contribution in [-0.2, 0) is 12.8 Å². The molecule has 0 saturated heterocycles. The first-order valence-electron chi connectivity index (χ1n) is 11.5. The van der Waals surface area contributed by atoms with E-state index in [0.717, 1.165) is 19.4 Å². The van der Waals surface area contributed by atoms with Gasteiger partial charge in [-0.2, -0.15) is 5.26 Å². The molecule has 0 N–H and O–H groups in total. The minimum absolute atomic E-state index is 0.384. The Bertz CT molecular complexity index is 736. The minimum Gasteiger partial charge on any atom is -0.303 e. The molecule has 2 aromatic rings. The molecule has 2 aromatic carbocycles. The first-order valence-corrected chi connectivity index (χ1v) is 11.9. The molecule has 162 valence electrons. The molecule has 1 aliphatic carbocycles. The van der Waals surface area contributed by atoms with E-state index in [0.29, 0.717) is 11.3 Å². The zero-order chi connectivity index (χ0) is 21.6. The number of halogens is 1. The van der Waals surface area contributed by atoms with Gasteiger partial charge in [-0.05, 0) is 80.6 Å². The van der Waals surface area contributed by atoms with E-state index in [2.05, 4.69) is 66.4 Å². The Morgan fingerprint density at radius 2 is 1.60 bits per heavy atom. The van der Waals surface area contributed by atoms with Crippen LogP contribution in [0.4, 0.5) is 0 Å². The van der Waals surface area contributed by atoms with Crippen molar-refractivity contribution in [1.29, 1.82) is 5.26 Å². The van der Waals surface area contributed by atoms with Crippen LogP contribution in [0.5, 0.6) is 0 Å². The van der Waals surface area contributed by atoms with Crippen molar-refractivity contribution in [3.8, 4) is 6.07 Å². The number of nitrogens with zero attached hydrogens (tertiary/aromatic N) is 2. The van der Waals surface area contributed by atoms with Crippen molar-refractivity contribution in [1.82, 2.24) is 4.90 Å². The second kappa shape index (κ2) is 14.2. The molecule has 1 saturated carbocycles. The quantitative estimate of drug-likeness (QED) is 0.384. The van der Waals surface area contributed by atoms with E-state index in [-0.39, 0.29) is 0 Å². The summed E-state index contributed by atoms with van der Waals surface area (Å²) < 4.78 is 0. The van der Waals surface area contributed by atoms with E-state index in [1.807, 2.05) is 0 Å². The lowest BCUT2D eigenvalue weighted by Gasteiger charge is -2.21. The van der Waals surface area contributed by atoms with E-state index in [4.69, 9.17) is 16.9 Å². The molecule has 0 heterocycles. The third kappa shape index (κ3) is 8.90. The van der Waals surface area contributed by atoms with Crippen LogP contribution in [0.25, 0.3) is 0 Å². The predicted molar refractivity (Wildman–Crippen MR) is 129 cm³/mol. The zero-order valence-corrected chi connectivity index (χ0v) is 19.5. The summed E-state index contributed by atoms with van der Waals surface area (Å²) in [4.78, 5) is 2.63. The molecule has 2 nitrogen and oxygen atoms in total. The molecule has 0 aliphatic heterocycles. The fourth-order valence-electron chi connectivity index (χ4n) is 4.28. The summed E-state index contributed by atoms with van der Waals surface area (Å²) in [5.74, 6) is 0.680. The molecule has 0 amide bonds. The van der Waals surface area contributed by atoms with Crippen LogP contribution in [0, 0.1) is 11.3 Å². The molecule has 2 unspecified atom stereocenters. The lowest BCUT2D eigenvalue weighted by atomic mass is 9.96. The maximum atomic E-state index is 7.32. The Labute approximate surface area is 188 Å². The average Bonchev–Trinajstić information content (AvgIpc) is 3.20. The molecule has 30 heavy (non-hydrogen) atoms. The van der Waals surface area contributed by atoms with Crippen LogP contribution < -0.4 is 0 Å². The maximum absolute atomic E-state index is 7.32. The zero-order valence-electron chi connectivity index (χ0n) is 18.7. The Morgan fingerprint density at radius 3 is 2.20 bits per heavy atom. The van der Waals surface area contributed by atoms with Gasteiger partial charge in [0.1, 0.15) is 0 Å². The largest absolute Gasteiger partial charge is 0.303 e. The average molecular weight is 425 g/mol. The molecule has 2 atom stereocenters. The maximum Gasteiger partial charge on any atom is 0.0587 e. The van der Waals surface area contributed by atoms with Crippen LogP contribution in [0.2, 0.25) is 0 Å². The number of rotatable bonds is 10. The van der Waals surface area contributed by atoms with E-state index < -0.39 is 0 Å². The first kappa shape index (κ1) is 24.4. The summed E-state index contributed by atoms with van der Waals surface area (Å²) in [6.45, 7) is 7.27. The number of aryl methyl sites for hydroxylation is 1. The fourth-order valence-corrected chi connectivity index (χ4v) is 4.62. The molecule has 3 rings (SSSR count). The summed E-state index contributed by atoms with van der Waals surface area (Å²) >= 11 is 6.27. The van der Waals surface area contributed by atoms with Gasteiger partial charge in [-0.3, -0.25) is 0 Å². The standard InChI is InChI=1S/C25H34ClN.C2H3N/c1-2-17-27(19-16-21-7-4-3-5-8-21)18-6-9-22-10-12-23(13-11-22)24-14-15-25(26)20-24;1-2-3/h3-5,7-8,10-13,24-25H,2,6,9,14-20H2,1H3;1H3. The lowest BCUT2D eigenvalue weighted by molar-refractivity contribution is 0.274. The van der Waals surface area contributed by atoms with E-state index >= 15 is 0 Å². The Balaban J connectivity index is 0.00000101. The van der Waals surface area contributed by atoms with Crippen molar-refractivity contribution >= 4 is 11.6 Å². The van der Waals surface area contributed by atoms with Gasteiger partial charge in [0.25, 0.3) is 0 Å². The van der Waals surface area contributed by atoms with Crippen LogP contribution >= 0.6 is 11.6 Å². The van der Waals surface area contributed by atoms with Gasteiger partial charge in [0.15, 0.2) is 0 Å². The van der Waals surface area contributed by atoms with Gasteiger partial charge in [0.2, 0.25) is 0 Å². The van der Waals surface area contributed by atoms with Gasteiger partial charge in [-0.25, -0.2) is 0 Å². The second-order valence-electron chi connectivity index (χ2n) is 8.25. The highest BCUT2D eigenvalue weighted by atomic mass is 35.5. The Kier molecular flexibility index (Phi) is 11.6. The fraction of sp³-hybridized carbons (Fsp3) is 0.519. The summed E-state index contributed by atoms with van der Waals surface area (Å²) in [5.41, 5.74) is 4.40. The smallest absolute Gasteiger partial charge is 0.0587 e. The topological polar surface area (TPSA) is 27.0 Å². The normalized spacial score (nSPS) is 18.0. The Hall–Kier alpha value is -1.82. The molecular formula is C27H37ClN2. The van der Waals surface area contributed by atoms with E-state index in [1.54, 1.807) is 6.07 Å². The van der Waals surface area contributed by atoms with E-state index in [9.17, 15) is 0 Å². The van der Waals surface area contributed by atoms with Gasteiger partial charge in [0.05, 0.1) is 6.07 Å². The minimum atomic E-state index is 0.384. The number of alkyl halides is 1. The van der Waals surface area contributed by atoms with Gasteiger partial charge in [-0.15, -0.1) is 11.6 Å². The van der Waals surface area contributed by atoms with Gasteiger partial charge in [0, 0.05) is 18.8 Å².